The number of hydrogen-bond acceptors (Lipinski definition) is 4. The van der Waals surface area contributed by atoms with Gasteiger partial charge in [-0.2, -0.15) is 0 Å². The third-order valence-corrected chi connectivity index (χ3v) is 6.85. The van der Waals surface area contributed by atoms with Gasteiger partial charge in [0, 0.05) is 43.2 Å². The Labute approximate surface area is 188 Å². The fraction of sp³-hybridized carbons (Fsp3) is 0.522. The van der Waals surface area contributed by atoms with Gasteiger partial charge < -0.3 is 9.80 Å². The average Bonchev–Trinajstić information content (AvgIpc) is 2.78. The molecule has 5 nitrogen and oxygen atoms in total. The summed E-state index contributed by atoms with van der Waals surface area (Å²) in [6.45, 7) is 3.06. The number of carbonyl (C=O) groups is 1. The molecule has 160 valence electrons. The highest BCUT2D eigenvalue weighted by atomic mass is 35.5. The highest BCUT2D eigenvalue weighted by molar-refractivity contribution is 6.36. The summed E-state index contributed by atoms with van der Waals surface area (Å²) in [5.41, 5.74) is 1.53. The van der Waals surface area contributed by atoms with E-state index in [-0.39, 0.29) is 0 Å². The second kappa shape index (κ2) is 9.97. The van der Waals surface area contributed by atoms with Crippen molar-refractivity contribution in [3.8, 4) is 11.3 Å². The molecule has 2 aliphatic rings. The van der Waals surface area contributed by atoms with Gasteiger partial charge in [0.25, 0.3) is 0 Å². The molecule has 7 heteroatoms. The minimum absolute atomic E-state index is 0.305. The molecular formula is C23H28Cl2N4O. The van der Waals surface area contributed by atoms with E-state index >= 15 is 0 Å². The van der Waals surface area contributed by atoms with E-state index in [1.807, 2.05) is 23.1 Å². The molecule has 0 atom stereocenters. The number of rotatable bonds is 5. The number of halogens is 2. The van der Waals surface area contributed by atoms with Crippen LogP contribution >= 0.6 is 23.2 Å². The fourth-order valence-electron chi connectivity index (χ4n) is 4.48. The summed E-state index contributed by atoms with van der Waals surface area (Å²) in [6.07, 6.45) is 8.39. The fourth-order valence-corrected chi connectivity index (χ4v) is 4.99. The molecule has 4 rings (SSSR count). The molecule has 0 radical (unpaired) electrons. The van der Waals surface area contributed by atoms with Crippen LogP contribution in [0.5, 0.6) is 0 Å². The molecule has 2 fully saturated rings. The van der Waals surface area contributed by atoms with Gasteiger partial charge in [-0.1, -0.05) is 55.3 Å². The molecule has 30 heavy (non-hydrogen) atoms. The van der Waals surface area contributed by atoms with Gasteiger partial charge in [-0.15, -0.1) is 10.2 Å². The number of anilines is 1. The Bertz CT molecular complexity index is 860. The number of amides is 1. The minimum Gasteiger partial charge on any atom is -0.352 e. The predicted octanol–water partition coefficient (Wildman–Crippen LogP) is 5.46. The number of nitrogens with zero attached hydrogens (tertiary/aromatic N) is 4. The third-order valence-electron chi connectivity index (χ3n) is 6.31. The summed E-state index contributed by atoms with van der Waals surface area (Å²) in [6, 6.07) is 9.25. The van der Waals surface area contributed by atoms with E-state index in [0.29, 0.717) is 22.4 Å². The topological polar surface area (TPSA) is 49.3 Å². The van der Waals surface area contributed by atoms with E-state index in [9.17, 15) is 4.79 Å². The van der Waals surface area contributed by atoms with E-state index in [0.717, 1.165) is 55.6 Å². The molecule has 2 aromatic rings. The molecule has 1 amide bonds. The maximum atomic E-state index is 12.6. The van der Waals surface area contributed by atoms with Crippen molar-refractivity contribution in [3.05, 3.63) is 40.4 Å². The van der Waals surface area contributed by atoms with E-state index < -0.39 is 0 Å². The molecule has 1 aromatic carbocycles. The molecule has 0 unspecified atom stereocenters. The number of aromatic nitrogens is 2. The van der Waals surface area contributed by atoms with Crippen LogP contribution in [-0.2, 0) is 4.79 Å². The van der Waals surface area contributed by atoms with Gasteiger partial charge in [-0.05, 0) is 42.7 Å². The molecule has 0 bridgehead atoms. The summed E-state index contributed by atoms with van der Waals surface area (Å²) >= 11 is 12.2. The van der Waals surface area contributed by atoms with E-state index in [2.05, 4.69) is 15.1 Å². The Morgan fingerprint density at radius 2 is 1.73 bits per heavy atom. The molecule has 2 heterocycles. The predicted molar refractivity (Wildman–Crippen MR) is 122 cm³/mol. The van der Waals surface area contributed by atoms with Crippen molar-refractivity contribution in [1.82, 2.24) is 15.1 Å². The average molecular weight is 447 g/mol. The Kier molecular flexibility index (Phi) is 7.11. The van der Waals surface area contributed by atoms with E-state index in [1.54, 1.807) is 12.1 Å². The third kappa shape index (κ3) is 5.25. The zero-order valence-corrected chi connectivity index (χ0v) is 18.7. The van der Waals surface area contributed by atoms with Crippen LogP contribution in [0.15, 0.2) is 30.3 Å². The number of piperazine rings is 1. The number of benzene rings is 1. The van der Waals surface area contributed by atoms with Crippen molar-refractivity contribution in [1.29, 1.82) is 0 Å². The van der Waals surface area contributed by atoms with Crippen LogP contribution in [0.1, 0.15) is 44.9 Å². The normalized spacial score (nSPS) is 17.9. The summed E-state index contributed by atoms with van der Waals surface area (Å²) in [7, 11) is 0. The highest BCUT2D eigenvalue weighted by Crippen LogP contribution is 2.30. The second-order valence-corrected chi connectivity index (χ2v) is 9.16. The molecule has 1 aromatic heterocycles. The Hall–Kier alpha value is -1.85. The SMILES string of the molecule is O=C(CCC1CCCCC1)N1CCN(c2ccc(-c3ccc(Cl)cc3Cl)nn2)CC1. The van der Waals surface area contributed by atoms with Gasteiger partial charge in [-0.25, -0.2) is 0 Å². The van der Waals surface area contributed by atoms with Gasteiger partial charge in [0.15, 0.2) is 5.82 Å². The lowest BCUT2D eigenvalue weighted by atomic mass is 9.86. The zero-order chi connectivity index (χ0) is 20.9. The lowest BCUT2D eigenvalue weighted by Gasteiger charge is -2.35. The smallest absolute Gasteiger partial charge is 0.222 e. The minimum atomic E-state index is 0.305. The van der Waals surface area contributed by atoms with Gasteiger partial charge in [0.05, 0.1) is 10.7 Å². The maximum Gasteiger partial charge on any atom is 0.222 e. The van der Waals surface area contributed by atoms with Crippen LogP contribution in [0.2, 0.25) is 10.0 Å². The van der Waals surface area contributed by atoms with Crippen molar-refractivity contribution >= 4 is 34.9 Å². The van der Waals surface area contributed by atoms with Gasteiger partial charge in [0.2, 0.25) is 5.91 Å². The Balaban J connectivity index is 1.29. The van der Waals surface area contributed by atoms with Crippen LogP contribution in [0.25, 0.3) is 11.3 Å². The van der Waals surface area contributed by atoms with Gasteiger partial charge >= 0.3 is 0 Å². The standard InChI is InChI=1S/C23H28Cl2N4O/c24-18-7-8-19(20(25)16-18)21-9-10-22(27-26-21)28-12-14-29(15-13-28)23(30)11-6-17-4-2-1-3-5-17/h7-10,16-17H,1-6,11-15H2. The van der Waals surface area contributed by atoms with Gasteiger partial charge in [0.1, 0.15) is 0 Å². The first-order valence-corrected chi connectivity index (χ1v) is 11.7. The maximum absolute atomic E-state index is 12.6. The second-order valence-electron chi connectivity index (χ2n) is 8.31. The number of carbonyl (C=O) groups excluding carboxylic acids is 1. The molecule has 1 aliphatic heterocycles. The monoisotopic (exact) mass is 446 g/mol. The van der Waals surface area contributed by atoms with Crippen LogP contribution in [0.4, 0.5) is 5.82 Å². The van der Waals surface area contributed by atoms with Crippen LogP contribution in [-0.4, -0.2) is 47.2 Å². The molecule has 1 saturated carbocycles. The molecule has 1 saturated heterocycles. The quantitative estimate of drug-likeness (QED) is 0.611. The molecule has 0 spiro atoms. The van der Waals surface area contributed by atoms with Crippen molar-refractivity contribution in [2.24, 2.45) is 5.92 Å². The van der Waals surface area contributed by atoms with Crippen LogP contribution in [0, 0.1) is 5.92 Å². The summed E-state index contributed by atoms with van der Waals surface area (Å²) < 4.78 is 0. The van der Waals surface area contributed by atoms with Crippen molar-refractivity contribution in [3.63, 3.8) is 0 Å². The number of hydrogen-bond donors (Lipinski definition) is 0. The Morgan fingerprint density at radius 1 is 0.967 bits per heavy atom. The largest absolute Gasteiger partial charge is 0.352 e. The van der Waals surface area contributed by atoms with Crippen molar-refractivity contribution in [2.75, 3.05) is 31.1 Å². The summed E-state index contributed by atoms with van der Waals surface area (Å²) in [4.78, 5) is 16.8. The van der Waals surface area contributed by atoms with Crippen LogP contribution < -0.4 is 4.90 Å². The van der Waals surface area contributed by atoms with Crippen molar-refractivity contribution in [2.45, 2.75) is 44.9 Å². The summed E-state index contributed by atoms with van der Waals surface area (Å²) in [5.74, 6) is 1.89. The van der Waals surface area contributed by atoms with Gasteiger partial charge in [-0.3, -0.25) is 4.79 Å². The van der Waals surface area contributed by atoms with Crippen molar-refractivity contribution < 1.29 is 4.79 Å². The van der Waals surface area contributed by atoms with E-state index in [4.69, 9.17) is 23.2 Å². The molecule has 1 aliphatic carbocycles. The lowest BCUT2D eigenvalue weighted by molar-refractivity contribution is -0.131. The van der Waals surface area contributed by atoms with Crippen LogP contribution in [0.3, 0.4) is 0 Å². The van der Waals surface area contributed by atoms with E-state index in [1.165, 1.54) is 32.1 Å². The summed E-state index contributed by atoms with van der Waals surface area (Å²) in [5, 5.41) is 9.90. The highest BCUT2D eigenvalue weighted by Gasteiger charge is 2.23. The first kappa shape index (κ1) is 21.4. The molecular weight excluding hydrogens is 419 g/mol. The zero-order valence-electron chi connectivity index (χ0n) is 17.2. The first-order valence-electron chi connectivity index (χ1n) is 10.9. The Morgan fingerprint density at radius 3 is 2.40 bits per heavy atom. The lowest BCUT2D eigenvalue weighted by Crippen LogP contribution is -2.49. The molecule has 0 N–H and O–H groups in total. The first-order chi connectivity index (χ1) is 14.6.